The van der Waals surface area contributed by atoms with E-state index in [-0.39, 0.29) is 11.7 Å². The number of nitrogens with one attached hydrogen (secondary N) is 1. The number of aliphatic imine (C=N–C) groups is 1. The zero-order valence-electron chi connectivity index (χ0n) is 8.17. The van der Waals surface area contributed by atoms with E-state index < -0.39 is 0 Å². The highest BCUT2D eigenvalue weighted by molar-refractivity contribution is 14.1. The Balaban J connectivity index is 2.11. The lowest BCUT2D eigenvalue weighted by Gasteiger charge is -2.04. The number of carbonyl (C=O) groups excluding carboxylic acids is 1. The van der Waals surface area contributed by atoms with E-state index in [1.807, 2.05) is 22.6 Å². The molecule has 2 rings (SSSR count). The van der Waals surface area contributed by atoms with Crippen molar-refractivity contribution in [3.8, 4) is 0 Å². The molecule has 0 aliphatic carbocycles. The van der Waals surface area contributed by atoms with Crippen molar-refractivity contribution in [2.24, 2.45) is 4.99 Å². The molecule has 0 unspecified atom stereocenters. The standard InChI is InChI=1S/C10H8FIN2OS/c11-7-5-6(1-2-8(7)12)9(15)14-10-13-3-4-16-10/h1-2,5H,3-4H2,(H,13,14,15). The highest BCUT2D eigenvalue weighted by Crippen LogP contribution is 2.14. The average Bonchev–Trinajstić information content (AvgIpc) is 2.74. The molecular weight excluding hydrogens is 342 g/mol. The van der Waals surface area contributed by atoms with Gasteiger partial charge in [0.2, 0.25) is 0 Å². The predicted molar refractivity (Wildman–Crippen MR) is 71.3 cm³/mol. The maximum atomic E-state index is 13.2. The van der Waals surface area contributed by atoms with Gasteiger partial charge in [-0.2, -0.15) is 0 Å². The van der Waals surface area contributed by atoms with E-state index in [1.165, 1.54) is 17.8 Å². The van der Waals surface area contributed by atoms with E-state index in [2.05, 4.69) is 10.3 Å². The van der Waals surface area contributed by atoms with Crippen molar-refractivity contribution in [2.75, 3.05) is 12.3 Å². The summed E-state index contributed by atoms with van der Waals surface area (Å²) in [6.45, 7) is 0.724. The number of rotatable bonds is 1. The van der Waals surface area contributed by atoms with Crippen LogP contribution in [-0.2, 0) is 0 Å². The molecule has 1 aliphatic heterocycles. The Morgan fingerprint density at radius 1 is 1.56 bits per heavy atom. The second-order valence-corrected chi connectivity index (χ2v) is 5.36. The van der Waals surface area contributed by atoms with Gasteiger partial charge in [0.25, 0.3) is 5.91 Å². The smallest absolute Gasteiger partial charge is 0.257 e. The van der Waals surface area contributed by atoms with Gasteiger partial charge in [0.05, 0.1) is 6.54 Å². The molecule has 1 N–H and O–H groups in total. The van der Waals surface area contributed by atoms with Gasteiger partial charge in [0, 0.05) is 14.9 Å². The fraction of sp³-hybridized carbons (Fsp3) is 0.200. The normalized spacial score (nSPS) is 14.8. The molecule has 84 valence electrons. The van der Waals surface area contributed by atoms with Gasteiger partial charge in [0.1, 0.15) is 5.82 Å². The molecule has 1 aromatic rings. The molecule has 1 heterocycles. The molecule has 1 aliphatic rings. The lowest BCUT2D eigenvalue weighted by atomic mass is 10.2. The monoisotopic (exact) mass is 350 g/mol. The molecule has 0 atom stereocenters. The zero-order chi connectivity index (χ0) is 11.5. The highest BCUT2D eigenvalue weighted by Gasteiger charge is 2.13. The molecular formula is C10H8FIN2OS. The van der Waals surface area contributed by atoms with Crippen LogP contribution in [0.15, 0.2) is 23.2 Å². The topological polar surface area (TPSA) is 41.5 Å². The van der Waals surface area contributed by atoms with Crippen LogP contribution in [0.4, 0.5) is 4.39 Å². The van der Waals surface area contributed by atoms with Gasteiger partial charge in [0.15, 0.2) is 5.17 Å². The minimum atomic E-state index is -0.380. The van der Waals surface area contributed by atoms with Crippen LogP contribution in [0.25, 0.3) is 0 Å². The van der Waals surface area contributed by atoms with Crippen molar-refractivity contribution < 1.29 is 9.18 Å². The van der Waals surface area contributed by atoms with Crippen LogP contribution in [0.2, 0.25) is 0 Å². The Morgan fingerprint density at radius 2 is 2.38 bits per heavy atom. The number of hydrogen-bond donors (Lipinski definition) is 1. The third kappa shape index (κ3) is 2.73. The lowest BCUT2D eigenvalue weighted by Crippen LogP contribution is -2.27. The Labute approximate surface area is 110 Å². The number of carbonyl (C=O) groups is 1. The van der Waals surface area contributed by atoms with E-state index in [0.717, 1.165) is 12.3 Å². The third-order valence-electron chi connectivity index (χ3n) is 1.99. The summed E-state index contributed by atoms with van der Waals surface area (Å²) in [5.74, 6) is 0.189. The molecule has 1 amide bonds. The van der Waals surface area contributed by atoms with E-state index in [9.17, 15) is 9.18 Å². The maximum absolute atomic E-state index is 13.2. The fourth-order valence-electron chi connectivity index (χ4n) is 1.22. The van der Waals surface area contributed by atoms with Crippen molar-refractivity contribution in [3.05, 3.63) is 33.1 Å². The summed E-state index contributed by atoms with van der Waals surface area (Å²) in [6, 6.07) is 4.41. The fourth-order valence-corrected chi connectivity index (χ4v) is 2.28. The van der Waals surface area contributed by atoms with Crippen LogP contribution >= 0.6 is 34.4 Å². The summed E-state index contributed by atoms with van der Waals surface area (Å²) < 4.78 is 13.7. The molecule has 0 aromatic heterocycles. The maximum Gasteiger partial charge on any atom is 0.257 e. The number of nitrogens with zero attached hydrogens (tertiary/aromatic N) is 1. The molecule has 0 bridgehead atoms. The molecule has 16 heavy (non-hydrogen) atoms. The molecule has 3 nitrogen and oxygen atoms in total. The number of halogens is 2. The Morgan fingerprint density at radius 3 is 3.00 bits per heavy atom. The summed E-state index contributed by atoms with van der Waals surface area (Å²) >= 11 is 3.38. The first kappa shape index (κ1) is 11.8. The van der Waals surface area contributed by atoms with Crippen LogP contribution in [0.5, 0.6) is 0 Å². The Hall–Kier alpha value is -0.630. The van der Waals surface area contributed by atoms with E-state index >= 15 is 0 Å². The Bertz CT molecular complexity index is 464. The van der Waals surface area contributed by atoms with Gasteiger partial charge in [-0.05, 0) is 40.8 Å². The van der Waals surface area contributed by atoms with Crippen molar-refractivity contribution >= 4 is 45.4 Å². The van der Waals surface area contributed by atoms with E-state index in [0.29, 0.717) is 14.3 Å². The molecule has 0 saturated carbocycles. The van der Waals surface area contributed by atoms with Crippen molar-refractivity contribution in [1.29, 1.82) is 0 Å². The minimum absolute atomic E-state index is 0.313. The van der Waals surface area contributed by atoms with Crippen molar-refractivity contribution in [1.82, 2.24) is 5.32 Å². The van der Waals surface area contributed by atoms with Gasteiger partial charge in [-0.3, -0.25) is 9.79 Å². The second-order valence-electron chi connectivity index (χ2n) is 3.12. The van der Waals surface area contributed by atoms with E-state index in [4.69, 9.17) is 0 Å². The summed E-state index contributed by atoms with van der Waals surface area (Å²) in [5, 5.41) is 3.26. The van der Waals surface area contributed by atoms with Gasteiger partial charge in [-0.1, -0.05) is 11.8 Å². The quantitative estimate of drug-likeness (QED) is 0.790. The molecule has 0 fully saturated rings. The third-order valence-corrected chi connectivity index (χ3v) is 3.75. The summed E-state index contributed by atoms with van der Waals surface area (Å²) in [6.07, 6.45) is 0. The van der Waals surface area contributed by atoms with Crippen LogP contribution in [0.1, 0.15) is 10.4 Å². The van der Waals surface area contributed by atoms with Crippen LogP contribution < -0.4 is 5.32 Å². The van der Waals surface area contributed by atoms with Gasteiger partial charge < -0.3 is 5.32 Å². The van der Waals surface area contributed by atoms with Crippen LogP contribution in [-0.4, -0.2) is 23.4 Å². The average molecular weight is 350 g/mol. The minimum Gasteiger partial charge on any atom is -0.301 e. The Kier molecular flexibility index (Phi) is 3.80. The molecule has 0 radical (unpaired) electrons. The number of amides is 1. The number of thioether (sulfide) groups is 1. The first-order valence-corrected chi connectivity index (χ1v) is 6.67. The first-order valence-electron chi connectivity index (χ1n) is 4.60. The number of benzene rings is 1. The number of amidine groups is 1. The summed E-state index contributed by atoms with van der Waals surface area (Å²) in [7, 11) is 0. The molecule has 6 heteroatoms. The lowest BCUT2D eigenvalue weighted by molar-refractivity contribution is 0.0977. The van der Waals surface area contributed by atoms with Crippen LogP contribution in [0, 0.1) is 9.39 Å². The number of hydrogen-bond acceptors (Lipinski definition) is 3. The summed E-state index contributed by atoms with van der Waals surface area (Å²) in [4.78, 5) is 15.8. The van der Waals surface area contributed by atoms with Crippen LogP contribution in [0.3, 0.4) is 0 Å². The van der Waals surface area contributed by atoms with Gasteiger partial charge >= 0.3 is 0 Å². The molecule has 0 saturated heterocycles. The largest absolute Gasteiger partial charge is 0.301 e. The van der Waals surface area contributed by atoms with Gasteiger partial charge in [-0.25, -0.2) is 4.39 Å². The predicted octanol–water partition coefficient (Wildman–Crippen LogP) is 2.26. The van der Waals surface area contributed by atoms with Gasteiger partial charge in [-0.15, -0.1) is 0 Å². The SMILES string of the molecule is O=C(NC1=NCCS1)c1ccc(I)c(F)c1. The first-order chi connectivity index (χ1) is 7.66. The highest BCUT2D eigenvalue weighted by atomic mass is 127. The molecule has 1 aromatic carbocycles. The second kappa shape index (κ2) is 5.13. The molecule has 0 spiro atoms. The van der Waals surface area contributed by atoms with E-state index in [1.54, 1.807) is 12.1 Å². The van der Waals surface area contributed by atoms with Crippen molar-refractivity contribution in [2.45, 2.75) is 0 Å². The zero-order valence-corrected chi connectivity index (χ0v) is 11.1. The summed E-state index contributed by atoms with van der Waals surface area (Å²) in [5.41, 5.74) is 0.313. The van der Waals surface area contributed by atoms with Crippen molar-refractivity contribution in [3.63, 3.8) is 0 Å².